The van der Waals surface area contributed by atoms with E-state index in [1.165, 1.54) is 23.7 Å². The number of aromatic nitrogens is 5. The van der Waals surface area contributed by atoms with E-state index < -0.39 is 11.2 Å². The fourth-order valence-corrected chi connectivity index (χ4v) is 4.18. The molecule has 31 heavy (non-hydrogen) atoms. The van der Waals surface area contributed by atoms with E-state index in [4.69, 9.17) is 4.98 Å². The Bertz CT molecular complexity index is 1570. The Kier molecular flexibility index (Phi) is 4.18. The Hall–Kier alpha value is -3.94. The molecule has 8 heteroatoms. The third-order valence-corrected chi connectivity index (χ3v) is 5.67. The highest BCUT2D eigenvalue weighted by Crippen LogP contribution is 2.33. The van der Waals surface area contributed by atoms with Crippen molar-refractivity contribution < 1.29 is 4.39 Å². The molecule has 156 valence electrons. The number of aryl methyl sites for hydroxylation is 2. The highest BCUT2D eigenvalue weighted by molar-refractivity contribution is 5.81. The minimum Gasteiger partial charge on any atom is -0.279 e. The van der Waals surface area contributed by atoms with Gasteiger partial charge in [0.2, 0.25) is 5.78 Å². The van der Waals surface area contributed by atoms with Gasteiger partial charge in [-0.2, -0.15) is 4.98 Å². The summed E-state index contributed by atoms with van der Waals surface area (Å²) in [6.07, 6.45) is 0.617. The zero-order chi connectivity index (χ0) is 21.9. The molecule has 0 aliphatic heterocycles. The van der Waals surface area contributed by atoms with Crippen LogP contribution in [-0.4, -0.2) is 23.1 Å². The quantitative estimate of drug-likeness (QED) is 0.453. The van der Waals surface area contributed by atoms with Gasteiger partial charge in [0.1, 0.15) is 5.82 Å². The van der Waals surface area contributed by atoms with Crippen LogP contribution in [0.1, 0.15) is 12.6 Å². The average Bonchev–Trinajstić information content (AvgIpc) is 3.32. The number of halogens is 1. The van der Waals surface area contributed by atoms with E-state index >= 15 is 0 Å². The van der Waals surface area contributed by atoms with E-state index in [1.54, 1.807) is 19.2 Å². The summed E-state index contributed by atoms with van der Waals surface area (Å²) in [6.45, 7) is 2.01. The summed E-state index contributed by atoms with van der Waals surface area (Å²) in [6, 6.07) is 15.9. The molecule has 3 heterocycles. The predicted octanol–water partition coefficient (Wildman–Crippen LogP) is 3.04. The Morgan fingerprint density at radius 2 is 1.61 bits per heavy atom. The van der Waals surface area contributed by atoms with Crippen molar-refractivity contribution >= 4 is 16.9 Å². The molecule has 0 N–H and O–H groups in total. The van der Waals surface area contributed by atoms with Gasteiger partial charge in [-0.25, -0.2) is 9.18 Å². The molecular weight excluding hydrogens is 397 g/mol. The first-order valence-corrected chi connectivity index (χ1v) is 9.97. The summed E-state index contributed by atoms with van der Waals surface area (Å²) in [7, 11) is 3.06. The van der Waals surface area contributed by atoms with Gasteiger partial charge in [-0.05, 0) is 30.7 Å². The van der Waals surface area contributed by atoms with Crippen molar-refractivity contribution in [3.8, 4) is 16.9 Å². The topological polar surface area (TPSA) is 66.2 Å². The third-order valence-electron chi connectivity index (χ3n) is 5.67. The van der Waals surface area contributed by atoms with Crippen molar-refractivity contribution in [1.29, 1.82) is 0 Å². The van der Waals surface area contributed by atoms with Crippen LogP contribution in [0, 0.1) is 5.82 Å². The zero-order valence-corrected chi connectivity index (χ0v) is 17.3. The number of hydrogen-bond acceptors (Lipinski definition) is 3. The summed E-state index contributed by atoms with van der Waals surface area (Å²) in [4.78, 5) is 30.3. The van der Waals surface area contributed by atoms with E-state index in [9.17, 15) is 14.0 Å². The average molecular weight is 417 g/mol. The van der Waals surface area contributed by atoms with Crippen LogP contribution in [-0.2, 0) is 20.5 Å². The number of benzene rings is 2. The first kappa shape index (κ1) is 19.0. The lowest BCUT2D eigenvalue weighted by Gasteiger charge is -2.11. The van der Waals surface area contributed by atoms with Crippen LogP contribution >= 0.6 is 0 Å². The SMILES string of the molecule is CCc1c(-c2ccccc2)n(-c2ccc(F)cc2)c2nc3c(c(=O)n(C)c(=O)n3C)n12. The standard InChI is InChI=1S/C23H20FN5O2/c1-4-17-18(14-8-6-5-7-9-14)28(16-12-10-15(24)11-13-16)22-25-20-19(29(17)22)21(30)27(3)23(31)26(20)2/h5-13H,4H2,1-3H3. The van der Waals surface area contributed by atoms with Crippen molar-refractivity contribution in [2.45, 2.75) is 13.3 Å². The highest BCUT2D eigenvalue weighted by atomic mass is 19.1. The second-order valence-electron chi connectivity index (χ2n) is 7.45. The van der Waals surface area contributed by atoms with E-state index in [2.05, 4.69) is 0 Å². The molecule has 7 nitrogen and oxygen atoms in total. The van der Waals surface area contributed by atoms with Gasteiger partial charge < -0.3 is 0 Å². The number of fused-ring (bicyclic) bond motifs is 3. The van der Waals surface area contributed by atoms with Gasteiger partial charge in [-0.3, -0.25) is 22.9 Å². The fraction of sp³-hybridized carbons (Fsp3) is 0.174. The summed E-state index contributed by atoms with van der Waals surface area (Å²) < 4.78 is 19.9. The molecule has 0 radical (unpaired) electrons. The Morgan fingerprint density at radius 1 is 0.935 bits per heavy atom. The molecular formula is C23H20FN5O2. The minimum absolute atomic E-state index is 0.313. The van der Waals surface area contributed by atoms with Crippen molar-refractivity contribution in [1.82, 2.24) is 23.1 Å². The molecule has 0 aliphatic rings. The summed E-state index contributed by atoms with van der Waals surface area (Å²) in [5.41, 5.74) is 3.22. The lowest BCUT2D eigenvalue weighted by Crippen LogP contribution is -2.37. The minimum atomic E-state index is -0.437. The van der Waals surface area contributed by atoms with Gasteiger partial charge in [0.25, 0.3) is 5.56 Å². The molecule has 0 saturated heterocycles. The normalized spacial score (nSPS) is 11.6. The van der Waals surface area contributed by atoms with Crippen LogP contribution in [0.15, 0.2) is 64.2 Å². The molecule has 0 saturated carbocycles. The maximum absolute atomic E-state index is 13.7. The Labute approximate surface area is 176 Å². The second-order valence-corrected chi connectivity index (χ2v) is 7.45. The van der Waals surface area contributed by atoms with Gasteiger partial charge in [-0.15, -0.1) is 0 Å². The van der Waals surface area contributed by atoms with Crippen LogP contribution in [0.2, 0.25) is 0 Å². The van der Waals surface area contributed by atoms with Gasteiger partial charge in [0.15, 0.2) is 11.2 Å². The number of imidazole rings is 2. The largest absolute Gasteiger partial charge is 0.332 e. The molecule has 2 aromatic carbocycles. The first-order chi connectivity index (χ1) is 14.9. The second kappa shape index (κ2) is 6.80. The summed E-state index contributed by atoms with van der Waals surface area (Å²) in [5, 5.41) is 0. The van der Waals surface area contributed by atoms with Crippen LogP contribution in [0.25, 0.3) is 33.9 Å². The lowest BCUT2D eigenvalue weighted by atomic mass is 10.1. The predicted molar refractivity (Wildman–Crippen MR) is 117 cm³/mol. The number of rotatable bonds is 3. The highest BCUT2D eigenvalue weighted by Gasteiger charge is 2.25. The van der Waals surface area contributed by atoms with Gasteiger partial charge in [0, 0.05) is 25.3 Å². The molecule has 0 fully saturated rings. The monoisotopic (exact) mass is 417 g/mol. The van der Waals surface area contributed by atoms with Gasteiger partial charge in [0.05, 0.1) is 11.4 Å². The third kappa shape index (κ3) is 2.61. The maximum Gasteiger partial charge on any atom is 0.332 e. The molecule has 5 rings (SSSR count). The molecule has 3 aromatic heterocycles. The van der Waals surface area contributed by atoms with Crippen LogP contribution in [0.4, 0.5) is 4.39 Å². The Balaban J connectivity index is 2.05. The first-order valence-electron chi connectivity index (χ1n) is 9.97. The summed E-state index contributed by atoms with van der Waals surface area (Å²) in [5.74, 6) is 0.157. The zero-order valence-electron chi connectivity index (χ0n) is 17.3. The Morgan fingerprint density at radius 3 is 2.26 bits per heavy atom. The van der Waals surface area contributed by atoms with Crippen molar-refractivity contribution in [2.24, 2.45) is 14.1 Å². The molecule has 0 aliphatic carbocycles. The van der Waals surface area contributed by atoms with Crippen molar-refractivity contribution in [2.75, 3.05) is 0 Å². The van der Waals surface area contributed by atoms with Crippen LogP contribution in [0.3, 0.4) is 0 Å². The lowest BCUT2D eigenvalue weighted by molar-refractivity contribution is 0.627. The number of nitrogens with zero attached hydrogens (tertiary/aromatic N) is 5. The van der Waals surface area contributed by atoms with Crippen LogP contribution in [0.5, 0.6) is 0 Å². The molecule has 0 amide bonds. The van der Waals surface area contributed by atoms with Crippen molar-refractivity contribution in [3.63, 3.8) is 0 Å². The van der Waals surface area contributed by atoms with Crippen molar-refractivity contribution in [3.05, 3.63) is 86.9 Å². The fourth-order valence-electron chi connectivity index (χ4n) is 4.18. The molecule has 5 aromatic rings. The molecule has 0 unspecified atom stereocenters. The van der Waals surface area contributed by atoms with Gasteiger partial charge in [-0.1, -0.05) is 37.3 Å². The van der Waals surface area contributed by atoms with E-state index in [0.29, 0.717) is 29.0 Å². The van der Waals surface area contributed by atoms with Crippen LogP contribution < -0.4 is 11.2 Å². The molecule has 0 atom stereocenters. The van der Waals surface area contributed by atoms with Gasteiger partial charge >= 0.3 is 5.69 Å². The molecule has 0 bridgehead atoms. The molecule has 0 spiro atoms. The maximum atomic E-state index is 13.7. The smallest absolute Gasteiger partial charge is 0.279 e. The van der Waals surface area contributed by atoms with E-state index in [1.807, 2.05) is 46.2 Å². The number of hydrogen-bond donors (Lipinski definition) is 0. The van der Waals surface area contributed by atoms with E-state index in [-0.39, 0.29) is 5.82 Å². The summed E-state index contributed by atoms with van der Waals surface area (Å²) >= 11 is 0. The van der Waals surface area contributed by atoms with E-state index in [0.717, 1.165) is 21.5 Å².